The topological polar surface area (TPSA) is 97.3 Å². The second-order valence-corrected chi connectivity index (χ2v) is 5.78. The molecule has 1 aliphatic heterocycles. The zero-order valence-corrected chi connectivity index (χ0v) is 12.5. The highest BCUT2D eigenvalue weighted by atomic mass is 16.6. The van der Waals surface area contributed by atoms with E-state index in [0.29, 0.717) is 5.69 Å². The van der Waals surface area contributed by atoms with Crippen molar-refractivity contribution in [3.63, 3.8) is 0 Å². The molecule has 2 rings (SSSR count). The molecule has 0 radical (unpaired) electrons. The molecule has 2 heterocycles. The van der Waals surface area contributed by atoms with Gasteiger partial charge in [0, 0.05) is 19.5 Å². The zero-order chi connectivity index (χ0) is 15.5. The van der Waals surface area contributed by atoms with Gasteiger partial charge < -0.3 is 20.7 Å². The van der Waals surface area contributed by atoms with Crippen LogP contribution in [0.2, 0.25) is 0 Å². The van der Waals surface area contributed by atoms with Crippen LogP contribution in [0.5, 0.6) is 0 Å². The molecule has 0 spiro atoms. The van der Waals surface area contributed by atoms with Crippen molar-refractivity contribution >= 4 is 23.5 Å². The fourth-order valence-electron chi connectivity index (χ4n) is 1.92. The van der Waals surface area contributed by atoms with Gasteiger partial charge in [0.2, 0.25) is 5.91 Å². The van der Waals surface area contributed by atoms with Crippen LogP contribution in [0.1, 0.15) is 27.2 Å². The highest BCUT2D eigenvalue weighted by Gasteiger charge is 2.18. The van der Waals surface area contributed by atoms with E-state index in [1.165, 1.54) is 0 Å². The van der Waals surface area contributed by atoms with Gasteiger partial charge in [0.05, 0.1) is 12.7 Å². The van der Waals surface area contributed by atoms with Gasteiger partial charge in [-0.2, -0.15) is 5.10 Å². The molecule has 0 unspecified atom stereocenters. The van der Waals surface area contributed by atoms with Crippen molar-refractivity contribution in [2.45, 2.75) is 39.3 Å². The molecule has 0 saturated heterocycles. The van der Waals surface area contributed by atoms with E-state index in [-0.39, 0.29) is 18.9 Å². The first kappa shape index (κ1) is 15.1. The summed E-state index contributed by atoms with van der Waals surface area (Å²) in [5.74, 6) is 0.638. The molecule has 0 atom stereocenters. The van der Waals surface area contributed by atoms with E-state index < -0.39 is 11.7 Å². The van der Waals surface area contributed by atoms with Gasteiger partial charge >= 0.3 is 6.09 Å². The number of amides is 2. The molecule has 8 heteroatoms. The minimum atomic E-state index is -0.545. The third kappa shape index (κ3) is 4.37. The Labute approximate surface area is 123 Å². The third-order valence-electron chi connectivity index (χ3n) is 2.75. The molecule has 3 N–H and O–H groups in total. The maximum atomic E-state index is 11.8. The normalized spacial score (nSPS) is 13.3. The molecule has 1 aromatic heterocycles. The Bertz CT molecular complexity index is 532. The van der Waals surface area contributed by atoms with Crippen LogP contribution in [0.3, 0.4) is 0 Å². The Hall–Kier alpha value is -2.25. The molecular weight excluding hydrogens is 274 g/mol. The number of hydrogen-bond donors (Lipinski definition) is 3. The van der Waals surface area contributed by atoms with Crippen molar-refractivity contribution in [1.82, 2.24) is 15.1 Å². The third-order valence-corrected chi connectivity index (χ3v) is 2.75. The Balaban J connectivity index is 1.72. The van der Waals surface area contributed by atoms with Gasteiger partial charge in [-0.25, -0.2) is 9.48 Å². The number of hydrogen-bond acceptors (Lipinski definition) is 5. The van der Waals surface area contributed by atoms with E-state index >= 15 is 0 Å². The average Bonchev–Trinajstić information content (AvgIpc) is 2.91. The van der Waals surface area contributed by atoms with Crippen molar-refractivity contribution in [3.05, 3.63) is 6.20 Å². The second-order valence-electron chi connectivity index (χ2n) is 5.78. The number of fused-ring (bicyclic) bond motifs is 1. The molecule has 21 heavy (non-hydrogen) atoms. The van der Waals surface area contributed by atoms with Crippen LogP contribution < -0.4 is 16.0 Å². The summed E-state index contributed by atoms with van der Waals surface area (Å²) < 4.78 is 6.88. The first-order valence-electron chi connectivity index (χ1n) is 6.91. The number of aromatic nitrogens is 2. The van der Waals surface area contributed by atoms with E-state index in [2.05, 4.69) is 21.0 Å². The monoisotopic (exact) mass is 295 g/mol. The highest BCUT2D eigenvalue weighted by Crippen LogP contribution is 2.24. The minimum Gasteiger partial charge on any atom is -0.444 e. The molecular formula is C13H21N5O3. The van der Waals surface area contributed by atoms with Gasteiger partial charge in [0.25, 0.3) is 0 Å². The molecule has 8 nitrogen and oxygen atoms in total. The van der Waals surface area contributed by atoms with E-state index in [1.54, 1.807) is 31.6 Å². The number of ether oxygens (including phenoxy) is 1. The first-order chi connectivity index (χ1) is 9.85. The number of anilines is 2. The van der Waals surface area contributed by atoms with Crippen LogP contribution in [-0.4, -0.2) is 40.5 Å². The summed E-state index contributed by atoms with van der Waals surface area (Å²) >= 11 is 0. The molecule has 1 aromatic rings. The Morgan fingerprint density at radius 1 is 1.48 bits per heavy atom. The predicted molar refractivity (Wildman–Crippen MR) is 78.2 cm³/mol. The maximum Gasteiger partial charge on any atom is 0.407 e. The van der Waals surface area contributed by atoms with Gasteiger partial charge in [0.15, 0.2) is 0 Å². The Kier molecular flexibility index (Phi) is 4.35. The van der Waals surface area contributed by atoms with Gasteiger partial charge in [0.1, 0.15) is 17.1 Å². The van der Waals surface area contributed by atoms with Gasteiger partial charge in [-0.15, -0.1) is 0 Å². The van der Waals surface area contributed by atoms with E-state index in [9.17, 15) is 9.59 Å². The van der Waals surface area contributed by atoms with Crippen LogP contribution in [0.15, 0.2) is 6.20 Å². The van der Waals surface area contributed by atoms with Crippen LogP contribution >= 0.6 is 0 Å². The number of nitrogens with zero attached hydrogens (tertiary/aromatic N) is 2. The lowest BCUT2D eigenvalue weighted by Crippen LogP contribution is -2.34. The fourth-order valence-corrected chi connectivity index (χ4v) is 1.92. The molecule has 116 valence electrons. The SMILES string of the molecule is CC(C)(C)OC(=O)NCCC(=O)Nc1cnn2c1NCC2. The fraction of sp³-hybridized carbons (Fsp3) is 0.615. The summed E-state index contributed by atoms with van der Waals surface area (Å²) in [6.45, 7) is 7.18. The predicted octanol–water partition coefficient (Wildman–Crippen LogP) is 1.16. The zero-order valence-electron chi connectivity index (χ0n) is 12.5. The summed E-state index contributed by atoms with van der Waals surface area (Å²) in [6, 6.07) is 0. The number of carbonyl (C=O) groups excluding carboxylic acids is 2. The van der Waals surface area contributed by atoms with Gasteiger partial charge in [-0.05, 0) is 20.8 Å². The van der Waals surface area contributed by atoms with Crippen molar-refractivity contribution in [2.24, 2.45) is 0 Å². The lowest BCUT2D eigenvalue weighted by atomic mass is 10.2. The van der Waals surface area contributed by atoms with E-state index in [0.717, 1.165) is 18.9 Å². The van der Waals surface area contributed by atoms with E-state index in [1.807, 2.05) is 0 Å². The smallest absolute Gasteiger partial charge is 0.407 e. The molecule has 2 amide bonds. The number of carbonyl (C=O) groups is 2. The largest absolute Gasteiger partial charge is 0.444 e. The first-order valence-corrected chi connectivity index (χ1v) is 6.91. The average molecular weight is 295 g/mol. The number of rotatable bonds is 4. The van der Waals surface area contributed by atoms with Crippen molar-refractivity contribution in [1.29, 1.82) is 0 Å². The van der Waals surface area contributed by atoms with Crippen LogP contribution in [0.4, 0.5) is 16.3 Å². The molecule has 0 saturated carbocycles. The summed E-state index contributed by atoms with van der Waals surface area (Å²) in [7, 11) is 0. The Morgan fingerprint density at radius 2 is 2.24 bits per heavy atom. The van der Waals surface area contributed by atoms with Crippen LogP contribution in [-0.2, 0) is 16.1 Å². The summed E-state index contributed by atoms with van der Waals surface area (Å²) in [5.41, 5.74) is 0.117. The molecule has 1 aliphatic rings. The molecule has 0 aliphatic carbocycles. The van der Waals surface area contributed by atoms with Crippen molar-refractivity contribution in [3.8, 4) is 0 Å². The van der Waals surface area contributed by atoms with Gasteiger partial charge in [-0.1, -0.05) is 0 Å². The van der Waals surface area contributed by atoms with Gasteiger partial charge in [-0.3, -0.25) is 4.79 Å². The summed E-state index contributed by atoms with van der Waals surface area (Å²) in [6.07, 6.45) is 1.26. The second kappa shape index (κ2) is 6.02. The number of alkyl carbamates (subject to hydrolysis) is 1. The summed E-state index contributed by atoms with van der Waals surface area (Å²) in [5, 5.41) is 12.6. The van der Waals surface area contributed by atoms with Crippen molar-refractivity contribution in [2.75, 3.05) is 23.7 Å². The molecule has 0 fully saturated rings. The highest BCUT2D eigenvalue weighted by molar-refractivity contribution is 5.93. The van der Waals surface area contributed by atoms with E-state index in [4.69, 9.17) is 4.74 Å². The Morgan fingerprint density at radius 3 is 2.95 bits per heavy atom. The maximum absolute atomic E-state index is 11.8. The molecule has 0 aromatic carbocycles. The molecule has 0 bridgehead atoms. The van der Waals surface area contributed by atoms with Crippen LogP contribution in [0.25, 0.3) is 0 Å². The quantitative estimate of drug-likeness (QED) is 0.774. The lowest BCUT2D eigenvalue weighted by Gasteiger charge is -2.19. The minimum absolute atomic E-state index is 0.170. The number of nitrogens with one attached hydrogen (secondary N) is 3. The van der Waals surface area contributed by atoms with Crippen LogP contribution in [0, 0.1) is 0 Å². The lowest BCUT2D eigenvalue weighted by molar-refractivity contribution is -0.116. The standard InChI is InChI=1S/C13H21N5O3/c1-13(2,3)21-12(20)15-5-4-10(19)17-9-8-16-18-7-6-14-11(9)18/h8,14H,4-7H2,1-3H3,(H,15,20)(H,17,19). The van der Waals surface area contributed by atoms with Crippen molar-refractivity contribution < 1.29 is 14.3 Å². The summed E-state index contributed by atoms with van der Waals surface area (Å²) in [4.78, 5) is 23.2.